The molecule has 1 aliphatic heterocycles. The van der Waals surface area contributed by atoms with Gasteiger partial charge in [0.05, 0.1) is 13.7 Å². The fourth-order valence-corrected chi connectivity index (χ4v) is 3.60. The van der Waals surface area contributed by atoms with E-state index in [2.05, 4.69) is 44.4 Å². The summed E-state index contributed by atoms with van der Waals surface area (Å²) in [5.74, 6) is 1.89. The van der Waals surface area contributed by atoms with Crippen molar-refractivity contribution in [2.45, 2.75) is 19.4 Å². The number of hydrogen-bond acceptors (Lipinski definition) is 4. The SMILES string of the molecule is CN=C(NCCCCOCc1ccccc1)N1CCN(c2ccc(OC)cc2)CC1. The van der Waals surface area contributed by atoms with Crippen molar-refractivity contribution in [2.24, 2.45) is 4.99 Å². The number of aliphatic imine (C=N–C) groups is 1. The third-order valence-electron chi connectivity index (χ3n) is 5.34. The Balaban J connectivity index is 1.30. The third kappa shape index (κ3) is 6.66. The summed E-state index contributed by atoms with van der Waals surface area (Å²) in [5.41, 5.74) is 2.47. The van der Waals surface area contributed by atoms with E-state index in [1.807, 2.05) is 37.4 Å². The summed E-state index contributed by atoms with van der Waals surface area (Å²) in [5, 5.41) is 3.50. The maximum Gasteiger partial charge on any atom is 0.193 e. The van der Waals surface area contributed by atoms with E-state index in [9.17, 15) is 0 Å². The molecule has 1 N–H and O–H groups in total. The van der Waals surface area contributed by atoms with Crippen molar-refractivity contribution in [2.75, 3.05) is 58.4 Å². The number of ether oxygens (including phenoxy) is 2. The molecule has 1 heterocycles. The number of hydrogen-bond donors (Lipinski definition) is 1. The van der Waals surface area contributed by atoms with Gasteiger partial charge in [-0.15, -0.1) is 0 Å². The normalized spacial score (nSPS) is 14.7. The second kappa shape index (κ2) is 12.1. The van der Waals surface area contributed by atoms with Crippen LogP contribution in [0.15, 0.2) is 59.6 Å². The van der Waals surface area contributed by atoms with Crippen molar-refractivity contribution >= 4 is 11.6 Å². The zero-order valence-corrected chi connectivity index (χ0v) is 18.2. The van der Waals surface area contributed by atoms with E-state index in [1.54, 1.807) is 7.11 Å². The van der Waals surface area contributed by atoms with E-state index in [0.29, 0.717) is 6.61 Å². The highest BCUT2D eigenvalue weighted by Crippen LogP contribution is 2.20. The van der Waals surface area contributed by atoms with Crippen LogP contribution >= 0.6 is 0 Å². The Kier molecular flexibility index (Phi) is 8.84. The zero-order chi connectivity index (χ0) is 21.0. The molecule has 0 aromatic heterocycles. The molecule has 0 atom stereocenters. The van der Waals surface area contributed by atoms with Crippen LogP contribution in [0.4, 0.5) is 5.69 Å². The molecule has 0 bridgehead atoms. The first-order chi connectivity index (χ1) is 14.8. The summed E-state index contributed by atoms with van der Waals surface area (Å²) in [6.45, 7) is 6.29. The number of anilines is 1. The number of nitrogens with one attached hydrogen (secondary N) is 1. The summed E-state index contributed by atoms with van der Waals surface area (Å²) in [6, 6.07) is 18.6. The van der Waals surface area contributed by atoms with Crippen molar-refractivity contribution in [3.8, 4) is 5.75 Å². The van der Waals surface area contributed by atoms with Crippen molar-refractivity contribution in [1.29, 1.82) is 0 Å². The van der Waals surface area contributed by atoms with Gasteiger partial charge in [-0.3, -0.25) is 4.99 Å². The van der Waals surface area contributed by atoms with Crippen LogP contribution in [0, 0.1) is 0 Å². The molecule has 6 heteroatoms. The molecule has 0 saturated carbocycles. The van der Waals surface area contributed by atoms with Gasteiger partial charge in [0.2, 0.25) is 0 Å². The van der Waals surface area contributed by atoms with Crippen LogP contribution in [0.25, 0.3) is 0 Å². The molecule has 0 radical (unpaired) electrons. The molecule has 0 unspecified atom stereocenters. The highest BCUT2D eigenvalue weighted by Gasteiger charge is 2.19. The minimum absolute atomic E-state index is 0.689. The van der Waals surface area contributed by atoms with E-state index >= 15 is 0 Å². The maximum absolute atomic E-state index is 5.76. The Morgan fingerprint density at radius 3 is 2.37 bits per heavy atom. The van der Waals surface area contributed by atoms with Crippen LogP contribution in [0.1, 0.15) is 18.4 Å². The molecule has 1 aliphatic rings. The number of rotatable bonds is 9. The van der Waals surface area contributed by atoms with Crippen LogP contribution in [-0.4, -0.2) is 64.3 Å². The molecule has 0 aliphatic carbocycles. The van der Waals surface area contributed by atoms with Crippen molar-refractivity contribution in [3.05, 3.63) is 60.2 Å². The number of guanidine groups is 1. The molecular formula is C24H34N4O2. The molecule has 0 amide bonds. The molecule has 3 rings (SSSR count). The molecule has 6 nitrogen and oxygen atoms in total. The fourth-order valence-electron chi connectivity index (χ4n) is 3.60. The van der Waals surface area contributed by atoms with Crippen LogP contribution in [0.5, 0.6) is 5.75 Å². The van der Waals surface area contributed by atoms with Crippen LogP contribution in [0.3, 0.4) is 0 Å². The Hall–Kier alpha value is -2.73. The van der Waals surface area contributed by atoms with Gasteiger partial charge in [0, 0.05) is 52.1 Å². The Morgan fingerprint density at radius 1 is 0.967 bits per heavy atom. The lowest BCUT2D eigenvalue weighted by Crippen LogP contribution is -2.52. The van der Waals surface area contributed by atoms with Gasteiger partial charge in [0.1, 0.15) is 5.75 Å². The predicted molar refractivity (Wildman–Crippen MR) is 123 cm³/mol. The summed E-state index contributed by atoms with van der Waals surface area (Å²) >= 11 is 0. The van der Waals surface area contributed by atoms with E-state index in [0.717, 1.165) is 63.9 Å². The Labute approximate surface area is 180 Å². The minimum atomic E-state index is 0.689. The molecule has 1 fully saturated rings. The third-order valence-corrected chi connectivity index (χ3v) is 5.34. The van der Waals surface area contributed by atoms with Gasteiger partial charge in [-0.05, 0) is 42.7 Å². The van der Waals surface area contributed by atoms with Crippen molar-refractivity contribution < 1.29 is 9.47 Å². The molecule has 1 saturated heterocycles. The highest BCUT2D eigenvalue weighted by molar-refractivity contribution is 5.80. The molecule has 2 aromatic carbocycles. The van der Waals surface area contributed by atoms with Gasteiger partial charge in [0.25, 0.3) is 0 Å². The first-order valence-electron chi connectivity index (χ1n) is 10.8. The Morgan fingerprint density at radius 2 is 1.70 bits per heavy atom. The summed E-state index contributed by atoms with van der Waals surface area (Å²) in [4.78, 5) is 9.22. The lowest BCUT2D eigenvalue weighted by atomic mass is 10.2. The standard InChI is InChI=1S/C24H34N4O2/c1-25-24(26-14-6-7-19-30-20-21-8-4-3-5-9-21)28-17-15-27(16-18-28)22-10-12-23(29-2)13-11-22/h3-5,8-13H,6-7,14-20H2,1-2H3,(H,25,26). The second-order valence-corrected chi connectivity index (χ2v) is 7.39. The van der Waals surface area contributed by atoms with E-state index in [1.165, 1.54) is 11.3 Å². The largest absolute Gasteiger partial charge is 0.497 e. The van der Waals surface area contributed by atoms with Gasteiger partial charge >= 0.3 is 0 Å². The lowest BCUT2D eigenvalue weighted by Gasteiger charge is -2.37. The van der Waals surface area contributed by atoms with E-state index in [4.69, 9.17) is 9.47 Å². The number of unbranched alkanes of at least 4 members (excludes halogenated alkanes) is 1. The number of benzene rings is 2. The van der Waals surface area contributed by atoms with Gasteiger partial charge in [-0.25, -0.2) is 0 Å². The first kappa shape index (κ1) is 22.0. The average molecular weight is 411 g/mol. The minimum Gasteiger partial charge on any atom is -0.497 e. The first-order valence-corrected chi connectivity index (χ1v) is 10.8. The molecule has 162 valence electrons. The molecule has 2 aromatic rings. The monoisotopic (exact) mass is 410 g/mol. The topological polar surface area (TPSA) is 49.3 Å². The number of piperazine rings is 1. The van der Waals surface area contributed by atoms with Crippen LogP contribution in [0.2, 0.25) is 0 Å². The summed E-state index contributed by atoms with van der Waals surface area (Å²) < 4.78 is 11.0. The van der Waals surface area contributed by atoms with Gasteiger partial charge in [0.15, 0.2) is 5.96 Å². The quantitative estimate of drug-likeness (QED) is 0.390. The maximum atomic E-state index is 5.76. The molecular weight excluding hydrogens is 376 g/mol. The number of nitrogens with zero attached hydrogens (tertiary/aromatic N) is 3. The summed E-state index contributed by atoms with van der Waals surface area (Å²) in [7, 11) is 3.56. The van der Waals surface area contributed by atoms with Gasteiger partial charge in [-0.2, -0.15) is 0 Å². The van der Waals surface area contributed by atoms with Crippen LogP contribution in [-0.2, 0) is 11.3 Å². The lowest BCUT2D eigenvalue weighted by molar-refractivity contribution is 0.117. The average Bonchev–Trinajstić information content (AvgIpc) is 2.82. The van der Waals surface area contributed by atoms with E-state index in [-0.39, 0.29) is 0 Å². The van der Waals surface area contributed by atoms with Gasteiger partial charge in [-0.1, -0.05) is 30.3 Å². The fraction of sp³-hybridized carbons (Fsp3) is 0.458. The predicted octanol–water partition coefficient (Wildman–Crippen LogP) is 3.39. The summed E-state index contributed by atoms with van der Waals surface area (Å²) in [6.07, 6.45) is 2.11. The highest BCUT2D eigenvalue weighted by atomic mass is 16.5. The van der Waals surface area contributed by atoms with Crippen molar-refractivity contribution in [1.82, 2.24) is 10.2 Å². The molecule has 0 spiro atoms. The zero-order valence-electron chi connectivity index (χ0n) is 18.2. The molecule has 30 heavy (non-hydrogen) atoms. The van der Waals surface area contributed by atoms with Gasteiger partial charge < -0.3 is 24.6 Å². The van der Waals surface area contributed by atoms with E-state index < -0.39 is 0 Å². The Bertz CT molecular complexity index is 757. The number of methoxy groups -OCH3 is 1. The smallest absolute Gasteiger partial charge is 0.193 e. The van der Waals surface area contributed by atoms with Crippen molar-refractivity contribution in [3.63, 3.8) is 0 Å². The van der Waals surface area contributed by atoms with Crippen LogP contribution < -0.4 is 15.0 Å². The second-order valence-electron chi connectivity index (χ2n) is 7.39.